The molecule has 0 aliphatic heterocycles. The maximum atomic E-state index is 5.48. The molecule has 80 valence electrons. The van der Waals surface area contributed by atoms with Gasteiger partial charge in [0, 0.05) is 12.0 Å². The fourth-order valence-electron chi connectivity index (χ4n) is 1.40. The molecule has 0 spiro atoms. The number of nitrogens with two attached hydrogens (primary N) is 1. The summed E-state index contributed by atoms with van der Waals surface area (Å²) in [4.78, 5) is 0. The molecule has 0 saturated carbocycles. The van der Waals surface area contributed by atoms with Crippen LogP contribution in [0, 0.1) is 11.8 Å². The van der Waals surface area contributed by atoms with Crippen molar-refractivity contribution in [3.63, 3.8) is 0 Å². The van der Waals surface area contributed by atoms with Crippen LogP contribution in [0.15, 0.2) is 24.3 Å². The van der Waals surface area contributed by atoms with Gasteiger partial charge in [-0.05, 0) is 43.5 Å². The van der Waals surface area contributed by atoms with Crippen molar-refractivity contribution in [2.45, 2.75) is 32.6 Å². The number of hydrogen-bond acceptors (Lipinski definition) is 1. The average molecular weight is 201 g/mol. The molecule has 0 heterocycles. The third kappa shape index (κ3) is 4.67. The Kier molecular flexibility index (Phi) is 5.58. The van der Waals surface area contributed by atoms with Gasteiger partial charge < -0.3 is 5.73 Å². The molecule has 2 N–H and O–H groups in total. The van der Waals surface area contributed by atoms with Crippen LogP contribution in [0.1, 0.15) is 37.3 Å². The van der Waals surface area contributed by atoms with Gasteiger partial charge in [-0.25, -0.2) is 0 Å². The van der Waals surface area contributed by atoms with Crippen LogP contribution in [0.5, 0.6) is 0 Å². The fourth-order valence-corrected chi connectivity index (χ4v) is 1.40. The summed E-state index contributed by atoms with van der Waals surface area (Å²) < 4.78 is 0. The average Bonchev–Trinajstić information content (AvgIpc) is 2.27. The van der Waals surface area contributed by atoms with E-state index in [2.05, 4.69) is 43.0 Å². The summed E-state index contributed by atoms with van der Waals surface area (Å²) in [5.41, 5.74) is 7.94. The minimum absolute atomic E-state index is 0.756. The Balaban J connectivity index is 2.62. The molecular formula is C14H19N. The molecule has 0 aliphatic carbocycles. The van der Waals surface area contributed by atoms with E-state index < -0.39 is 0 Å². The van der Waals surface area contributed by atoms with Gasteiger partial charge in [-0.3, -0.25) is 0 Å². The Morgan fingerprint density at radius 1 is 1.33 bits per heavy atom. The Labute approximate surface area is 92.7 Å². The first-order chi connectivity index (χ1) is 7.36. The number of hydrogen-bond donors (Lipinski definition) is 1. The molecule has 1 rings (SSSR count). The van der Waals surface area contributed by atoms with E-state index in [-0.39, 0.29) is 0 Å². The Hall–Kier alpha value is -1.26. The summed E-state index contributed by atoms with van der Waals surface area (Å²) in [6.45, 7) is 2.90. The molecule has 15 heavy (non-hydrogen) atoms. The predicted octanol–water partition coefficient (Wildman–Crippen LogP) is 2.73. The van der Waals surface area contributed by atoms with Crippen LogP contribution in [-0.4, -0.2) is 6.54 Å². The van der Waals surface area contributed by atoms with Crippen LogP contribution in [0.2, 0.25) is 0 Å². The maximum absolute atomic E-state index is 5.48. The Bertz CT molecular complexity index is 344. The molecule has 1 aromatic carbocycles. The molecular weight excluding hydrogens is 182 g/mol. The van der Waals surface area contributed by atoms with Crippen molar-refractivity contribution < 1.29 is 0 Å². The van der Waals surface area contributed by atoms with Crippen LogP contribution in [0.25, 0.3) is 0 Å². The normalized spacial score (nSPS) is 9.47. The highest BCUT2D eigenvalue weighted by molar-refractivity contribution is 5.37. The van der Waals surface area contributed by atoms with Crippen LogP contribution in [0.4, 0.5) is 0 Å². The molecule has 0 saturated heterocycles. The van der Waals surface area contributed by atoms with Gasteiger partial charge in [0.15, 0.2) is 0 Å². The third-order valence-electron chi connectivity index (χ3n) is 2.20. The zero-order valence-electron chi connectivity index (χ0n) is 9.42. The standard InChI is InChI=1S/C14H19N/c1-2-3-4-7-13-8-5-9-14(12-13)10-6-11-15/h5,8-9,12H,2-3,6,10-11,15H2,1H3. The van der Waals surface area contributed by atoms with Crippen molar-refractivity contribution in [1.29, 1.82) is 0 Å². The smallest absolute Gasteiger partial charge is 0.0247 e. The lowest BCUT2D eigenvalue weighted by atomic mass is 10.1. The van der Waals surface area contributed by atoms with Crippen LogP contribution in [0.3, 0.4) is 0 Å². The van der Waals surface area contributed by atoms with Crippen molar-refractivity contribution in [2.75, 3.05) is 6.54 Å². The van der Waals surface area contributed by atoms with Gasteiger partial charge in [-0.2, -0.15) is 0 Å². The van der Waals surface area contributed by atoms with Crippen molar-refractivity contribution >= 4 is 0 Å². The molecule has 0 unspecified atom stereocenters. The highest BCUT2D eigenvalue weighted by Gasteiger charge is 1.93. The molecule has 0 amide bonds. The molecule has 0 radical (unpaired) electrons. The second-order valence-electron chi connectivity index (χ2n) is 3.64. The van der Waals surface area contributed by atoms with Gasteiger partial charge in [-0.15, -0.1) is 0 Å². The summed E-state index contributed by atoms with van der Waals surface area (Å²) >= 11 is 0. The summed E-state index contributed by atoms with van der Waals surface area (Å²) in [6.07, 6.45) is 4.21. The fraction of sp³-hybridized carbons (Fsp3) is 0.429. The lowest BCUT2D eigenvalue weighted by molar-refractivity contribution is 0.832. The van der Waals surface area contributed by atoms with Crippen LogP contribution >= 0.6 is 0 Å². The summed E-state index contributed by atoms with van der Waals surface area (Å²) in [5, 5.41) is 0. The second kappa shape index (κ2) is 7.09. The quantitative estimate of drug-likeness (QED) is 0.745. The Morgan fingerprint density at radius 3 is 2.93 bits per heavy atom. The number of unbranched alkanes of at least 4 members (excludes halogenated alkanes) is 1. The lowest BCUT2D eigenvalue weighted by Gasteiger charge is -1.99. The van der Waals surface area contributed by atoms with Crippen molar-refractivity contribution in [3.8, 4) is 11.8 Å². The maximum Gasteiger partial charge on any atom is 0.0247 e. The van der Waals surface area contributed by atoms with E-state index in [1.54, 1.807) is 0 Å². The Morgan fingerprint density at radius 2 is 2.20 bits per heavy atom. The first-order valence-corrected chi connectivity index (χ1v) is 5.64. The molecule has 0 aromatic heterocycles. The monoisotopic (exact) mass is 201 g/mol. The molecule has 0 bridgehead atoms. The molecule has 1 heteroatoms. The second-order valence-corrected chi connectivity index (χ2v) is 3.64. The number of rotatable bonds is 4. The van der Waals surface area contributed by atoms with E-state index in [9.17, 15) is 0 Å². The first-order valence-electron chi connectivity index (χ1n) is 5.64. The topological polar surface area (TPSA) is 26.0 Å². The van der Waals surface area contributed by atoms with Crippen molar-refractivity contribution in [1.82, 2.24) is 0 Å². The molecule has 0 aliphatic rings. The number of aryl methyl sites for hydroxylation is 1. The minimum atomic E-state index is 0.756. The van der Waals surface area contributed by atoms with Crippen molar-refractivity contribution in [2.24, 2.45) is 5.73 Å². The van der Waals surface area contributed by atoms with E-state index in [1.807, 2.05) is 0 Å². The highest BCUT2D eigenvalue weighted by Crippen LogP contribution is 2.06. The van der Waals surface area contributed by atoms with Gasteiger partial charge in [-0.1, -0.05) is 30.9 Å². The SMILES string of the molecule is CCCC#Cc1cccc(CCCN)c1. The highest BCUT2D eigenvalue weighted by atomic mass is 14.5. The zero-order chi connectivity index (χ0) is 10.9. The van der Waals surface area contributed by atoms with E-state index >= 15 is 0 Å². The summed E-state index contributed by atoms with van der Waals surface area (Å²) in [7, 11) is 0. The van der Waals surface area contributed by atoms with Gasteiger partial charge in [0.05, 0.1) is 0 Å². The first kappa shape index (κ1) is 11.8. The molecule has 1 nitrogen and oxygen atoms in total. The minimum Gasteiger partial charge on any atom is -0.330 e. The molecule has 1 aromatic rings. The van der Waals surface area contributed by atoms with Crippen molar-refractivity contribution in [3.05, 3.63) is 35.4 Å². The molecule has 0 atom stereocenters. The lowest BCUT2D eigenvalue weighted by Crippen LogP contribution is -2.00. The van der Waals surface area contributed by atoms with Gasteiger partial charge >= 0.3 is 0 Å². The number of benzene rings is 1. The summed E-state index contributed by atoms with van der Waals surface area (Å²) in [6, 6.07) is 8.44. The summed E-state index contributed by atoms with van der Waals surface area (Å²) in [5.74, 6) is 6.34. The van der Waals surface area contributed by atoms with Crippen LogP contribution in [-0.2, 0) is 6.42 Å². The van der Waals surface area contributed by atoms with E-state index in [0.29, 0.717) is 0 Å². The predicted molar refractivity (Wildman–Crippen MR) is 65.6 cm³/mol. The van der Waals surface area contributed by atoms with E-state index in [4.69, 9.17) is 5.73 Å². The van der Waals surface area contributed by atoms with E-state index in [0.717, 1.165) is 37.8 Å². The van der Waals surface area contributed by atoms with E-state index in [1.165, 1.54) is 5.56 Å². The van der Waals surface area contributed by atoms with Gasteiger partial charge in [0.2, 0.25) is 0 Å². The largest absolute Gasteiger partial charge is 0.330 e. The van der Waals surface area contributed by atoms with Gasteiger partial charge in [0.25, 0.3) is 0 Å². The third-order valence-corrected chi connectivity index (χ3v) is 2.20. The zero-order valence-corrected chi connectivity index (χ0v) is 9.42. The van der Waals surface area contributed by atoms with Gasteiger partial charge in [0.1, 0.15) is 0 Å². The molecule has 0 fully saturated rings. The van der Waals surface area contributed by atoms with Crippen LogP contribution < -0.4 is 5.73 Å².